The van der Waals surface area contributed by atoms with E-state index in [4.69, 9.17) is 11.0 Å². The van der Waals surface area contributed by atoms with Crippen LogP contribution in [0.25, 0.3) is 16.7 Å². The number of fused-ring (bicyclic) bond motifs is 3. The van der Waals surface area contributed by atoms with Gasteiger partial charge in [0.25, 0.3) is 0 Å². The van der Waals surface area contributed by atoms with E-state index in [-0.39, 0.29) is 5.82 Å². The van der Waals surface area contributed by atoms with E-state index in [0.29, 0.717) is 16.9 Å². The first-order chi connectivity index (χ1) is 7.81. The first-order valence-corrected chi connectivity index (χ1v) is 4.59. The number of pyridine rings is 1. The maximum absolute atomic E-state index is 8.83. The number of nitrogens with two attached hydrogens (primary N) is 1. The van der Waals surface area contributed by atoms with Crippen molar-refractivity contribution in [2.45, 2.75) is 0 Å². The molecular formula is C10H6N6. The van der Waals surface area contributed by atoms with Gasteiger partial charge in [0.15, 0.2) is 11.3 Å². The Balaban J connectivity index is 2.56. The van der Waals surface area contributed by atoms with Crippen LogP contribution in [0.2, 0.25) is 0 Å². The van der Waals surface area contributed by atoms with Crippen LogP contribution in [0.15, 0.2) is 24.5 Å². The van der Waals surface area contributed by atoms with Crippen LogP contribution in [-0.2, 0) is 0 Å². The Morgan fingerprint density at radius 3 is 3.06 bits per heavy atom. The van der Waals surface area contributed by atoms with E-state index in [1.807, 2.05) is 12.1 Å². The SMILES string of the molecule is N#Cc1cnc2c3cccnc3nn2c1N. The number of nitrogen functional groups attached to an aromatic ring is 1. The molecule has 0 saturated heterocycles. The molecule has 2 N–H and O–H groups in total. The van der Waals surface area contributed by atoms with Crippen LogP contribution < -0.4 is 5.73 Å². The quantitative estimate of drug-likeness (QED) is 0.590. The highest BCUT2D eigenvalue weighted by molar-refractivity contribution is 5.90. The van der Waals surface area contributed by atoms with Crippen molar-refractivity contribution in [1.29, 1.82) is 5.26 Å². The molecule has 0 atom stereocenters. The summed E-state index contributed by atoms with van der Waals surface area (Å²) in [6.07, 6.45) is 3.09. The fourth-order valence-electron chi connectivity index (χ4n) is 1.59. The zero-order chi connectivity index (χ0) is 11.1. The number of hydrogen-bond acceptors (Lipinski definition) is 5. The average molecular weight is 210 g/mol. The Morgan fingerprint density at radius 2 is 2.25 bits per heavy atom. The van der Waals surface area contributed by atoms with E-state index in [1.54, 1.807) is 12.3 Å². The van der Waals surface area contributed by atoms with Gasteiger partial charge < -0.3 is 5.73 Å². The third-order valence-corrected chi connectivity index (χ3v) is 2.36. The maximum Gasteiger partial charge on any atom is 0.183 e. The second-order valence-electron chi connectivity index (χ2n) is 3.28. The molecule has 0 aromatic carbocycles. The third kappa shape index (κ3) is 0.966. The minimum atomic E-state index is 0.283. The highest BCUT2D eigenvalue weighted by Gasteiger charge is 2.11. The Kier molecular flexibility index (Phi) is 1.56. The third-order valence-electron chi connectivity index (χ3n) is 2.36. The summed E-state index contributed by atoms with van der Waals surface area (Å²) in [6, 6.07) is 5.63. The zero-order valence-electron chi connectivity index (χ0n) is 8.12. The number of nitrogens with zero attached hydrogens (tertiary/aromatic N) is 5. The van der Waals surface area contributed by atoms with Crippen molar-refractivity contribution in [2.24, 2.45) is 0 Å². The number of nitriles is 1. The molecule has 6 heteroatoms. The van der Waals surface area contributed by atoms with Crippen LogP contribution in [0.5, 0.6) is 0 Å². The van der Waals surface area contributed by atoms with Gasteiger partial charge in [-0.05, 0) is 12.1 Å². The van der Waals surface area contributed by atoms with Gasteiger partial charge in [-0.2, -0.15) is 9.78 Å². The summed E-state index contributed by atoms with van der Waals surface area (Å²) in [6.45, 7) is 0. The average Bonchev–Trinajstić information content (AvgIpc) is 2.69. The van der Waals surface area contributed by atoms with Crippen molar-refractivity contribution >= 4 is 22.5 Å². The number of rotatable bonds is 0. The standard InChI is InChI=1S/C10H6N6/c11-4-6-5-14-10-7-2-1-3-13-9(7)15-16(10)8(6)12/h1-3,5H,12H2. The minimum Gasteiger partial charge on any atom is -0.382 e. The molecule has 6 nitrogen and oxygen atoms in total. The minimum absolute atomic E-state index is 0.283. The van der Waals surface area contributed by atoms with E-state index in [2.05, 4.69) is 15.1 Å². The van der Waals surface area contributed by atoms with Gasteiger partial charge >= 0.3 is 0 Å². The Hall–Kier alpha value is -2.68. The molecule has 0 amide bonds. The molecule has 0 aliphatic rings. The molecule has 3 aromatic rings. The molecule has 0 radical (unpaired) electrons. The lowest BCUT2D eigenvalue weighted by atomic mass is 10.3. The van der Waals surface area contributed by atoms with Gasteiger partial charge in [-0.15, -0.1) is 5.10 Å². The molecule has 76 valence electrons. The van der Waals surface area contributed by atoms with E-state index in [0.717, 1.165) is 5.39 Å². The van der Waals surface area contributed by atoms with Crippen LogP contribution in [0.3, 0.4) is 0 Å². The van der Waals surface area contributed by atoms with Gasteiger partial charge in [0, 0.05) is 6.20 Å². The summed E-state index contributed by atoms with van der Waals surface area (Å²) >= 11 is 0. The highest BCUT2D eigenvalue weighted by Crippen LogP contribution is 2.19. The van der Waals surface area contributed by atoms with Crippen molar-refractivity contribution < 1.29 is 0 Å². The lowest BCUT2D eigenvalue weighted by molar-refractivity contribution is 0.956. The number of aromatic nitrogens is 4. The first-order valence-electron chi connectivity index (χ1n) is 4.59. The van der Waals surface area contributed by atoms with Gasteiger partial charge in [0.2, 0.25) is 0 Å². The molecule has 0 aliphatic heterocycles. The van der Waals surface area contributed by atoms with Crippen molar-refractivity contribution in [3.05, 3.63) is 30.1 Å². The molecule has 16 heavy (non-hydrogen) atoms. The second kappa shape index (κ2) is 2.90. The second-order valence-corrected chi connectivity index (χ2v) is 3.28. The molecule has 3 heterocycles. The van der Waals surface area contributed by atoms with Gasteiger partial charge in [0.05, 0.1) is 11.6 Å². The smallest absolute Gasteiger partial charge is 0.183 e. The molecule has 0 unspecified atom stereocenters. The van der Waals surface area contributed by atoms with E-state index in [9.17, 15) is 0 Å². The summed E-state index contributed by atoms with van der Waals surface area (Å²) in [7, 11) is 0. The van der Waals surface area contributed by atoms with Crippen LogP contribution in [0.1, 0.15) is 5.56 Å². The Bertz CT molecular complexity index is 736. The van der Waals surface area contributed by atoms with Crippen LogP contribution >= 0.6 is 0 Å². The Labute approximate surface area is 90.0 Å². The fraction of sp³-hybridized carbons (Fsp3) is 0. The molecule has 0 bridgehead atoms. The lowest BCUT2D eigenvalue weighted by Gasteiger charge is -1.98. The summed E-state index contributed by atoms with van der Waals surface area (Å²) in [5, 5.41) is 13.8. The Morgan fingerprint density at radius 1 is 1.38 bits per heavy atom. The van der Waals surface area contributed by atoms with Gasteiger partial charge in [-0.3, -0.25) is 0 Å². The van der Waals surface area contributed by atoms with Gasteiger partial charge in [-0.25, -0.2) is 9.97 Å². The topological polar surface area (TPSA) is 92.9 Å². The van der Waals surface area contributed by atoms with E-state index >= 15 is 0 Å². The summed E-state index contributed by atoms with van der Waals surface area (Å²) in [5.41, 5.74) is 7.29. The molecule has 0 saturated carbocycles. The van der Waals surface area contributed by atoms with Crippen LogP contribution in [-0.4, -0.2) is 19.6 Å². The summed E-state index contributed by atoms with van der Waals surface area (Å²) < 4.78 is 1.44. The molecular weight excluding hydrogens is 204 g/mol. The largest absolute Gasteiger partial charge is 0.382 e. The predicted molar refractivity (Wildman–Crippen MR) is 57.4 cm³/mol. The first kappa shape index (κ1) is 8.61. The monoisotopic (exact) mass is 210 g/mol. The molecule has 0 spiro atoms. The zero-order valence-corrected chi connectivity index (χ0v) is 8.12. The van der Waals surface area contributed by atoms with Crippen LogP contribution in [0.4, 0.5) is 5.82 Å². The van der Waals surface area contributed by atoms with Crippen molar-refractivity contribution in [3.8, 4) is 6.07 Å². The van der Waals surface area contributed by atoms with Crippen molar-refractivity contribution in [3.63, 3.8) is 0 Å². The predicted octanol–water partition coefficient (Wildman–Crippen LogP) is 0.731. The normalized spacial score (nSPS) is 10.7. The van der Waals surface area contributed by atoms with Gasteiger partial charge in [-0.1, -0.05) is 0 Å². The van der Waals surface area contributed by atoms with Crippen molar-refractivity contribution in [1.82, 2.24) is 19.6 Å². The van der Waals surface area contributed by atoms with E-state index in [1.165, 1.54) is 10.7 Å². The highest BCUT2D eigenvalue weighted by atomic mass is 15.3. The fourth-order valence-corrected chi connectivity index (χ4v) is 1.59. The van der Waals surface area contributed by atoms with E-state index < -0.39 is 0 Å². The molecule has 0 fully saturated rings. The summed E-state index contributed by atoms with van der Waals surface area (Å²) in [5.74, 6) is 0.283. The van der Waals surface area contributed by atoms with Crippen LogP contribution in [0, 0.1) is 11.3 Å². The maximum atomic E-state index is 8.83. The molecule has 3 rings (SSSR count). The molecule has 0 aliphatic carbocycles. The molecule has 3 aromatic heterocycles. The number of anilines is 1. The number of hydrogen-bond donors (Lipinski definition) is 1. The lowest BCUT2D eigenvalue weighted by Crippen LogP contribution is -2.02. The summed E-state index contributed by atoms with van der Waals surface area (Å²) in [4.78, 5) is 8.26. The van der Waals surface area contributed by atoms with Gasteiger partial charge in [0.1, 0.15) is 17.5 Å². The van der Waals surface area contributed by atoms with Crippen molar-refractivity contribution in [2.75, 3.05) is 5.73 Å².